The van der Waals surface area contributed by atoms with E-state index in [2.05, 4.69) is 54.9 Å². The molecule has 114 valence electrons. The van der Waals surface area contributed by atoms with Crippen molar-refractivity contribution in [2.24, 2.45) is 0 Å². The molecule has 0 saturated heterocycles. The molecule has 0 atom stereocenters. The predicted octanol–water partition coefficient (Wildman–Crippen LogP) is 5.47. The molecule has 22 heavy (non-hydrogen) atoms. The molecule has 1 aliphatic rings. The van der Waals surface area contributed by atoms with Gasteiger partial charge in [-0.2, -0.15) is 0 Å². The summed E-state index contributed by atoms with van der Waals surface area (Å²) < 4.78 is 12.8. The molecule has 0 aromatic heterocycles. The van der Waals surface area contributed by atoms with Gasteiger partial charge in [0.1, 0.15) is 12.5 Å². The van der Waals surface area contributed by atoms with E-state index in [1.54, 1.807) is 12.5 Å². The normalized spacial score (nSPS) is 16.2. The van der Waals surface area contributed by atoms with E-state index < -0.39 is 5.79 Å². The van der Waals surface area contributed by atoms with Crippen molar-refractivity contribution >= 4 is 15.9 Å². The maximum Gasteiger partial charge on any atom is 0.305 e. The second-order valence-electron chi connectivity index (χ2n) is 6.44. The first-order valence-electron chi connectivity index (χ1n) is 7.30. The highest BCUT2D eigenvalue weighted by atomic mass is 79.9. The monoisotopic (exact) mass is 358 g/mol. The van der Waals surface area contributed by atoms with E-state index in [1.807, 2.05) is 30.3 Å². The van der Waals surface area contributed by atoms with Crippen LogP contribution < -0.4 is 0 Å². The van der Waals surface area contributed by atoms with Crippen molar-refractivity contribution < 1.29 is 9.47 Å². The van der Waals surface area contributed by atoms with Gasteiger partial charge >= 0.3 is 5.79 Å². The van der Waals surface area contributed by atoms with Gasteiger partial charge in [0.2, 0.25) is 0 Å². The second-order valence-corrected chi connectivity index (χ2v) is 7.29. The molecule has 0 fully saturated rings. The van der Waals surface area contributed by atoms with E-state index in [1.165, 1.54) is 5.56 Å². The summed E-state index contributed by atoms with van der Waals surface area (Å²) in [5, 5.41) is 0. The highest BCUT2D eigenvalue weighted by Gasteiger charge is 2.42. The Hall–Kier alpha value is -1.74. The number of ether oxygens (including phenoxy) is 2. The van der Waals surface area contributed by atoms with Crippen LogP contribution in [0, 0.1) is 0 Å². The molecule has 3 heteroatoms. The zero-order chi connectivity index (χ0) is 15.8. The van der Waals surface area contributed by atoms with E-state index in [0.717, 1.165) is 15.6 Å². The van der Waals surface area contributed by atoms with Crippen LogP contribution in [0.25, 0.3) is 0 Å². The summed E-state index contributed by atoms with van der Waals surface area (Å²) >= 11 is 3.65. The van der Waals surface area contributed by atoms with Gasteiger partial charge in [-0.15, -0.1) is 0 Å². The minimum atomic E-state index is -0.929. The molecule has 0 saturated carbocycles. The lowest BCUT2D eigenvalue weighted by Gasteiger charge is -2.31. The minimum Gasteiger partial charge on any atom is -0.449 e. The number of benzene rings is 2. The van der Waals surface area contributed by atoms with E-state index in [4.69, 9.17) is 9.47 Å². The van der Waals surface area contributed by atoms with Crippen LogP contribution in [0.3, 0.4) is 0 Å². The van der Waals surface area contributed by atoms with Crippen LogP contribution in [0.15, 0.2) is 65.5 Å². The van der Waals surface area contributed by atoms with Crippen molar-refractivity contribution in [3.8, 4) is 0 Å². The Morgan fingerprint density at radius 2 is 1.55 bits per heavy atom. The van der Waals surface area contributed by atoms with E-state index >= 15 is 0 Å². The molecule has 1 heterocycles. The van der Waals surface area contributed by atoms with Crippen molar-refractivity contribution in [2.45, 2.75) is 32.0 Å². The lowest BCUT2D eigenvalue weighted by atomic mass is 9.84. The first-order chi connectivity index (χ1) is 10.4. The van der Waals surface area contributed by atoms with Crippen LogP contribution in [0.4, 0.5) is 0 Å². The fraction of sp³-hybridized carbons (Fsp3) is 0.263. The average molecular weight is 359 g/mol. The summed E-state index contributed by atoms with van der Waals surface area (Å²) in [5.74, 6) is -0.929. The number of hydrogen-bond acceptors (Lipinski definition) is 2. The third kappa shape index (κ3) is 2.54. The first-order valence-corrected chi connectivity index (χ1v) is 8.09. The van der Waals surface area contributed by atoms with Crippen molar-refractivity contribution in [1.29, 1.82) is 0 Å². The third-order valence-corrected chi connectivity index (χ3v) is 4.56. The molecule has 0 spiro atoms. The SMILES string of the molecule is CC(C)(C)c1ccc(Br)c(C2(c3ccccc3)OC=CO2)c1. The van der Waals surface area contributed by atoms with Gasteiger partial charge in [-0.1, -0.05) is 73.1 Å². The van der Waals surface area contributed by atoms with E-state index in [-0.39, 0.29) is 5.41 Å². The lowest BCUT2D eigenvalue weighted by molar-refractivity contribution is -0.113. The molecule has 0 unspecified atom stereocenters. The van der Waals surface area contributed by atoms with Gasteiger partial charge in [-0.25, -0.2) is 0 Å². The van der Waals surface area contributed by atoms with Gasteiger partial charge in [0.25, 0.3) is 0 Å². The zero-order valence-electron chi connectivity index (χ0n) is 13.0. The summed E-state index contributed by atoms with van der Waals surface area (Å²) in [7, 11) is 0. The summed E-state index contributed by atoms with van der Waals surface area (Å²) in [6, 6.07) is 16.4. The molecule has 0 radical (unpaired) electrons. The smallest absolute Gasteiger partial charge is 0.305 e. The maximum absolute atomic E-state index is 5.93. The number of halogens is 1. The Balaban J connectivity index is 2.18. The second kappa shape index (κ2) is 5.47. The molecule has 2 nitrogen and oxygen atoms in total. The molecule has 1 aliphatic heterocycles. The Labute approximate surface area is 139 Å². The average Bonchev–Trinajstić information content (AvgIpc) is 2.98. The predicted molar refractivity (Wildman–Crippen MR) is 91.4 cm³/mol. The molecule has 0 amide bonds. The van der Waals surface area contributed by atoms with Crippen molar-refractivity contribution in [3.05, 3.63) is 82.2 Å². The van der Waals surface area contributed by atoms with Crippen LogP contribution in [-0.2, 0) is 20.7 Å². The maximum atomic E-state index is 5.93. The van der Waals surface area contributed by atoms with Gasteiger partial charge in [-0.05, 0) is 23.1 Å². The number of rotatable bonds is 2. The summed E-state index contributed by atoms with van der Waals surface area (Å²) in [6.45, 7) is 6.59. The zero-order valence-corrected chi connectivity index (χ0v) is 14.6. The highest BCUT2D eigenvalue weighted by Crippen LogP contribution is 2.43. The van der Waals surface area contributed by atoms with Crippen LogP contribution in [0.2, 0.25) is 0 Å². The van der Waals surface area contributed by atoms with Crippen molar-refractivity contribution in [2.75, 3.05) is 0 Å². The molecule has 2 aromatic rings. The minimum absolute atomic E-state index is 0.0549. The third-order valence-electron chi connectivity index (χ3n) is 3.86. The van der Waals surface area contributed by atoms with Gasteiger partial charge in [0.05, 0.1) is 5.56 Å². The summed E-state index contributed by atoms with van der Waals surface area (Å²) in [6.07, 6.45) is 3.20. The Bertz CT molecular complexity index is 691. The lowest BCUT2D eigenvalue weighted by Crippen LogP contribution is -2.29. The molecular weight excluding hydrogens is 340 g/mol. The van der Waals surface area contributed by atoms with Crippen LogP contribution in [0.5, 0.6) is 0 Å². The first kappa shape index (κ1) is 15.2. The molecule has 3 rings (SSSR count). The Morgan fingerprint density at radius 3 is 2.14 bits per heavy atom. The fourth-order valence-corrected chi connectivity index (χ4v) is 3.10. The van der Waals surface area contributed by atoms with E-state index in [0.29, 0.717) is 0 Å². The van der Waals surface area contributed by atoms with Gasteiger partial charge in [0.15, 0.2) is 0 Å². The topological polar surface area (TPSA) is 18.5 Å². The quantitative estimate of drug-likeness (QED) is 0.708. The Morgan fingerprint density at radius 1 is 0.909 bits per heavy atom. The van der Waals surface area contributed by atoms with Gasteiger partial charge in [0, 0.05) is 10.0 Å². The molecule has 0 N–H and O–H groups in total. The summed E-state index contributed by atoms with van der Waals surface area (Å²) in [4.78, 5) is 0. The molecule has 2 aromatic carbocycles. The standard InChI is InChI=1S/C19H19BrO2/c1-18(2,3)15-9-10-17(20)16(13-15)19(21-11-12-22-19)14-7-5-4-6-8-14/h4-13H,1-3H3. The molecule has 0 aliphatic carbocycles. The van der Waals surface area contributed by atoms with Gasteiger partial charge < -0.3 is 9.47 Å². The fourth-order valence-electron chi connectivity index (χ4n) is 2.60. The largest absolute Gasteiger partial charge is 0.449 e. The van der Waals surface area contributed by atoms with Gasteiger partial charge in [-0.3, -0.25) is 0 Å². The van der Waals surface area contributed by atoms with Crippen molar-refractivity contribution in [1.82, 2.24) is 0 Å². The van der Waals surface area contributed by atoms with Crippen molar-refractivity contribution in [3.63, 3.8) is 0 Å². The molecular formula is C19H19BrO2. The highest BCUT2D eigenvalue weighted by molar-refractivity contribution is 9.10. The summed E-state index contributed by atoms with van der Waals surface area (Å²) in [5.41, 5.74) is 3.22. The van der Waals surface area contributed by atoms with Crippen LogP contribution >= 0.6 is 15.9 Å². The van der Waals surface area contributed by atoms with E-state index in [9.17, 15) is 0 Å². The number of hydrogen-bond donors (Lipinski definition) is 0. The Kier molecular flexibility index (Phi) is 3.77. The molecule has 0 bridgehead atoms. The van der Waals surface area contributed by atoms with Crippen LogP contribution in [-0.4, -0.2) is 0 Å². The van der Waals surface area contributed by atoms with Crippen LogP contribution in [0.1, 0.15) is 37.5 Å².